The summed E-state index contributed by atoms with van der Waals surface area (Å²) >= 11 is 0. The number of aryl methyl sites for hydroxylation is 18. The molecule has 4 heterocycles. The molecule has 79 heavy (non-hydrogen) atoms. The summed E-state index contributed by atoms with van der Waals surface area (Å²) in [5.74, 6) is 4.73. The number of benzene rings is 6. The highest BCUT2D eigenvalue weighted by Gasteiger charge is 2.13. The van der Waals surface area contributed by atoms with Gasteiger partial charge in [-0.1, -0.05) is 112 Å². The Morgan fingerprint density at radius 2 is 0.418 bits per heavy atom. The van der Waals surface area contributed by atoms with Gasteiger partial charge < -0.3 is 0 Å². The van der Waals surface area contributed by atoms with Crippen LogP contribution in [0.1, 0.15) is 108 Å². The Bertz CT molecular complexity index is 3290. The molecule has 402 valence electrons. The van der Waals surface area contributed by atoms with E-state index in [9.17, 15) is 0 Å². The highest BCUT2D eigenvalue weighted by atomic mass is 15.0. The highest BCUT2D eigenvalue weighted by molar-refractivity contribution is 5.80. The minimum absolute atomic E-state index is 0.761. The predicted octanol–water partition coefficient (Wildman–Crippen LogP) is 17.1. The molecule has 6 aromatic carbocycles. The first-order valence-electron chi connectivity index (χ1n) is 27.2. The summed E-state index contributed by atoms with van der Waals surface area (Å²) in [6.07, 6.45) is 1.04. The van der Waals surface area contributed by atoms with Gasteiger partial charge in [-0.3, -0.25) is 0 Å². The molecule has 9 nitrogen and oxygen atoms in total. The van der Waals surface area contributed by atoms with E-state index in [1.165, 1.54) is 77.9 Å². The third-order valence-corrected chi connectivity index (χ3v) is 12.9. The molecule has 0 aliphatic carbocycles. The van der Waals surface area contributed by atoms with Gasteiger partial charge >= 0.3 is 0 Å². The Morgan fingerprint density at radius 3 is 0.709 bits per heavy atom. The van der Waals surface area contributed by atoms with Gasteiger partial charge in [0.25, 0.3) is 0 Å². The first-order valence-corrected chi connectivity index (χ1v) is 27.2. The van der Waals surface area contributed by atoms with Crippen LogP contribution in [0.2, 0.25) is 0 Å². The smallest absolute Gasteiger partial charge is 0.163 e. The molecule has 0 amide bonds. The van der Waals surface area contributed by atoms with Crippen molar-refractivity contribution in [2.75, 3.05) is 0 Å². The van der Waals surface area contributed by atoms with E-state index in [1.807, 2.05) is 73.6 Å². The fourth-order valence-electron chi connectivity index (χ4n) is 10.1. The zero-order chi connectivity index (χ0) is 57.2. The van der Waals surface area contributed by atoms with Crippen LogP contribution in [-0.2, 0) is 6.42 Å². The SMILES string of the molecule is CCc1cc(C)cc(-c2nc(C)cc(C)n2)c1.Cc1cc(C)cc(-c2cc(-c3cc(C)cc(C)c3)cc(-c3nc(C)cc(C)n3)c2)c1.Cc1cc(C)cc(-c2nc(C)cc(C)n2)c1.Cc1cc(C)cc(-c2nc(C)nc(C)n2)c1. The molecular formula is C70H77N9. The van der Waals surface area contributed by atoms with E-state index in [0.29, 0.717) is 0 Å². The van der Waals surface area contributed by atoms with E-state index >= 15 is 0 Å². The summed E-state index contributed by atoms with van der Waals surface area (Å²) in [6, 6.07) is 45.4. The third-order valence-electron chi connectivity index (χ3n) is 12.9. The monoisotopic (exact) mass is 1040 g/mol. The summed E-state index contributed by atoms with van der Waals surface area (Å²) in [4.78, 5) is 40.3. The largest absolute Gasteiger partial charge is 0.233 e. The number of nitrogens with zero attached hydrogens (tertiary/aromatic N) is 9. The predicted molar refractivity (Wildman–Crippen MR) is 328 cm³/mol. The summed E-state index contributed by atoms with van der Waals surface area (Å²) in [5, 5.41) is 0. The number of aromatic nitrogens is 9. The minimum atomic E-state index is 0.761. The standard InChI is InChI=1S/C28H28N2.C15H18N2.C14H16N2.C13H15N3/c1-17-7-18(2)10-23(9-17)25-14-26(24-11-19(3)8-20(4)12-24)16-27(15-25)28-29-21(5)13-22(6)30-28;1-5-13-6-10(2)7-14(9-13)15-16-11(3)8-12(4)17-15;1-9-5-10(2)7-13(6-9)14-15-11(3)8-12(4)16-14;1-8-5-9(2)7-12(6-8)13-15-10(3)14-11(4)16-13/h7-16H,1-6H3;6-9H,5H2,1-4H3;5-8H,1-4H3;5-7H,1-4H3. The molecule has 0 aliphatic rings. The van der Waals surface area contributed by atoms with Crippen molar-refractivity contribution in [1.82, 2.24) is 44.9 Å². The summed E-state index contributed by atoms with van der Waals surface area (Å²) in [5.41, 5.74) is 27.8. The van der Waals surface area contributed by atoms with E-state index < -0.39 is 0 Å². The van der Waals surface area contributed by atoms with Gasteiger partial charge in [-0.15, -0.1) is 0 Å². The molecule has 0 radical (unpaired) electrons. The van der Waals surface area contributed by atoms with Crippen LogP contribution in [0.25, 0.3) is 67.8 Å². The Kier molecular flexibility index (Phi) is 19.0. The lowest BCUT2D eigenvalue weighted by Crippen LogP contribution is -1.99. The normalized spacial score (nSPS) is 10.7. The van der Waals surface area contributed by atoms with Crippen LogP contribution in [0.5, 0.6) is 0 Å². The molecular weight excluding hydrogens is 967 g/mol. The van der Waals surface area contributed by atoms with E-state index in [2.05, 4.69) is 213 Å². The van der Waals surface area contributed by atoms with Gasteiger partial charge in [-0.25, -0.2) is 44.9 Å². The molecule has 0 aliphatic heterocycles. The van der Waals surface area contributed by atoms with Crippen molar-refractivity contribution in [2.24, 2.45) is 0 Å². The second kappa shape index (κ2) is 25.8. The number of rotatable bonds is 7. The molecule has 0 spiro atoms. The van der Waals surface area contributed by atoms with Crippen LogP contribution in [0.3, 0.4) is 0 Å². The highest BCUT2D eigenvalue weighted by Crippen LogP contribution is 2.34. The van der Waals surface area contributed by atoms with Crippen molar-refractivity contribution in [3.8, 4) is 67.8 Å². The molecule has 0 bridgehead atoms. The van der Waals surface area contributed by atoms with Crippen molar-refractivity contribution in [3.63, 3.8) is 0 Å². The van der Waals surface area contributed by atoms with Crippen molar-refractivity contribution in [3.05, 3.63) is 229 Å². The Hall–Kier alpha value is -8.43. The van der Waals surface area contributed by atoms with E-state index in [4.69, 9.17) is 9.97 Å². The summed E-state index contributed by atoms with van der Waals surface area (Å²) in [7, 11) is 0. The van der Waals surface area contributed by atoms with Crippen LogP contribution >= 0.6 is 0 Å². The molecule has 0 fully saturated rings. The molecule has 0 N–H and O–H groups in total. The zero-order valence-electron chi connectivity index (χ0n) is 49.9. The maximum atomic E-state index is 4.73. The summed E-state index contributed by atoms with van der Waals surface area (Å²) < 4.78 is 0. The fraction of sp³-hybridized carbons (Fsp3) is 0.271. The second-order valence-corrected chi connectivity index (χ2v) is 21.5. The van der Waals surface area contributed by atoms with Gasteiger partial charge in [0.1, 0.15) is 11.6 Å². The van der Waals surface area contributed by atoms with Crippen LogP contribution in [-0.4, -0.2) is 44.9 Å². The maximum absolute atomic E-state index is 4.73. The van der Waals surface area contributed by atoms with Crippen LogP contribution in [0.15, 0.2) is 127 Å². The third kappa shape index (κ3) is 16.8. The van der Waals surface area contributed by atoms with Gasteiger partial charge in [-0.2, -0.15) is 0 Å². The maximum Gasteiger partial charge on any atom is 0.163 e. The van der Waals surface area contributed by atoms with Crippen molar-refractivity contribution >= 4 is 0 Å². The quantitative estimate of drug-likeness (QED) is 0.154. The van der Waals surface area contributed by atoms with Gasteiger partial charge in [-0.05, 0) is 225 Å². The van der Waals surface area contributed by atoms with E-state index in [-0.39, 0.29) is 0 Å². The van der Waals surface area contributed by atoms with Gasteiger partial charge in [0.05, 0.1) is 0 Å². The first-order chi connectivity index (χ1) is 37.4. The lowest BCUT2D eigenvalue weighted by Gasteiger charge is -2.13. The topological polar surface area (TPSA) is 116 Å². The average molecular weight is 1040 g/mol. The Balaban J connectivity index is 0.000000160. The molecule has 9 heteroatoms. The second-order valence-electron chi connectivity index (χ2n) is 21.5. The van der Waals surface area contributed by atoms with Gasteiger partial charge in [0, 0.05) is 56.4 Å². The van der Waals surface area contributed by atoms with E-state index in [0.717, 1.165) is 97.8 Å². The molecule has 0 unspecified atom stereocenters. The first kappa shape index (κ1) is 58.3. The van der Waals surface area contributed by atoms with Crippen LogP contribution in [0, 0.1) is 118 Å². The number of hydrogen-bond acceptors (Lipinski definition) is 9. The van der Waals surface area contributed by atoms with Gasteiger partial charge in [0.15, 0.2) is 23.3 Å². The molecule has 4 aromatic heterocycles. The molecule has 0 atom stereocenters. The van der Waals surface area contributed by atoms with E-state index in [1.54, 1.807) is 0 Å². The number of hydrogen-bond donors (Lipinski definition) is 0. The average Bonchev–Trinajstić information content (AvgIpc) is 3.34. The van der Waals surface area contributed by atoms with Crippen LogP contribution in [0.4, 0.5) is 0 Å². The minimum Gasteiger partial charge on any atom is -0.233 e. The fourth-order valence-corrected chi connectivity index (χ4v) is 10.1. The molecule has 10 aromatic rings. The lowest BCUT2D eigenvalue weighted by atomic mass is 9.93. The van der Waals surface area contributed by atoms with Crippen LogP contribution < -0.4 is 0 Å². The lowest BCUT2D eigenvalue weighted by molar-refractivity contribution is 0.928. The summed E-state index contributed by atoms with van der Waals surface area (Å²) in [6.45, 7) is 37.1. The van der Waals surface area contributed by atoms with Crippen molar-refractivity contribution in [2.45, 2.75) is 131 Å². The molecule has 0 saturated carbocycles. The molecule has 10 rings (SSSR count). The van der Waals surface area contributed by atoms with Crippen molar-refractivity contribution < 1.29 is 0 Å². The Morgan fingerprint density at radius 1 is 0.203 bits per heavy atom. The van der Waals surface area contributed by atoms with Gasteiger partial charge in [0.2, 0.25) is 0 Å². The Labute approximate surface area is 470 Å². The zero-order valence-corrected chi connectivity index (χ0v) is 49.9. The molecule has 0 saturated heterocycles. The van der Waals surface area contributed by atoms with Crippen molar-refractivity contribution in [1.29, 1.82) is 0 Å².